The summed E-state index contributed by atoms with van der Waals surface area (Å²) in [6.45, 7) is 4.21. The molecule has 0 saturated heterocycles. The Bertz CT molecular complexity index is 1120. The molecule has 0 aliphatic carbocycles. The predicted octanol–water partition coefficient (Wildman–Crippen LogP) is 13.8. The van der Waals surface area contributed by atoms with Crippen LogP contribution in [0, 0.1) is 0 Å². The van der Waals surface area contributed by atoms with Crippen molar-refractivity contribution >= 4 is 19.8 Å². The van der Waals surface area contributed by atoms with E-state index in [9.17, 15) is 19.0 Å². The zero-order valence-corrected chi connectivity index (χ0v) is 40.6. The lowest BCUT2D eigenvalue weighted by molar-refractivity contribution is -0.870. The van der Waals surface area contributed by atoms with Gasteiger partial charge in [-0.2, -0.15) is 0 Å². The van der Waals surface area contributed by atoms with Crippen LogP contribution in [0.5, 0.6) is 0 Å². The minimum absolute atomic E-state index is 0.0322. The first-order chi connectivity index (χ1) is 29.0. The number of phosphoric ester groups is 1. The van der Waals surface area contributed by atoms with E-state index in [1.807, 2.05) is 21.1 Å². The molecule has 2 unspecified atom stereocenters. The van der Waals surface area contributed by atoms with E-state index < -0.39 is 26.5 Å². The van der Waals surface area contributed by atoms with Gasteiger partial charge in [-0.1, -0.05) is 172 Å². The Morgan fingerprint density at radius 3 is 1.37 bits per heavy atom. The van der Waals surface area contributed by atoms with E-state index in [1.165, 1.54) is 122 Å². The number of hydrogen-bond acceptors (Lipinski definition) is 8. The van der Waals surface area contributed by atoms with Gasteiger partial charge in [-0.15, -0.1) is 0 Å². The number of esters is 2. The molecule has 0 spiro atoms. The second-order valence-corrected chi connectivity index (χ2v) is 19.2. The van der Waals surface area contributed by atoms with Gasteiger partial charge in [0.05, 0.1) is 27.7 Å². The van der Waals surface area contributed by atoms with Crippen LogP contribution in [0.1, 0.15) is 219 Å². The van der Waals surface area contributed by atoms with E-state index in [0.717, 1.165) is 64.2 Å². The van der Waals surface area contributed by atoms with Gasteiger partial charge in [0, 0.05) is 12.8 Å². The first kappa shape index (κ1) is 58.2. The number of rotatable bonds is 45. The third-order valence-electron chi connectivity index (χ3n) is 10.6. The first-order valence-corrected chi connectivity index (χ1v) is 26.2. The number of quaternary nitrogens is 1. The van der Waals surface area contributed by atoms with Gasteiger partial charge >= 0.3 is 11.9 Å². The van der Waals surface area contributed by atoms with Gasteiger partial charge in [0.2, 0.25) is 0 Å². The normalized spacial score (nSPS) is 13.8. The number of hydrogen-bond donors (Lipinski definition) is 0. The van der Waals surface area contributed by atoms with Crippen LogP contribution in [0.25, 0.3) is 0 Å². The highest BCUT2D eigenvalue weighted by molar-refractivity contribution is 7.45. The molecule has 0 rings (SSSR count). The first-order valence-electron chi connectivity index (χ1n) is 24.7. The molecule has 0 saturated carbocycles. The summed E-state index contributed by atoms with van der Waals surface area (Å²) in [6.07, 6.45) is 48.8. The largest absolute Gasteiger partial charge is 0.756 e. The monoisotopic (exact) mass is 868 g/mol. The summed E-state index contributed by atoms with van der Waals surface area (Å²) in [5.74, 6) is -0.839. The van der Waals surface area contributed by atoms with Gasteiger partial charge in [0.25, 0.3) is 7.82 Å². The fraction of sp³-hybridized carbons (Fsp3) is 0.840. The molecule has 60 heavy (non-hydrogen) atoms. The quantitative estimate of drug-likeness (QED) is 0.0196. The van der Waals surface area contributed by atoms with Gasteiger partial charge in [-0.3, -0.25) is 14.2 Å². The minimum atomic E-state index is -4.63. The SMILES string of the molecule is CCCCC/C=C\C/C=C\CCCCCCCCCCCC(=O)OC(COC(=O)CCCCCCCCC/C=C\CCCCCCCC)COP(=O)([O-])OCC[N+](C)(C)C. The fourth-order valence-corrected chi connectivity index (χ4v) is 7.47. The summed E-state index contributed by atoms with van der Waals surface area (Å²) in [4.78, 5) is 37.7. The molecule has 10 heteroatoms. The van der Waals surface area contributed by atoms with Crippen LogP contribution in [-0.2, 0) is 32.7 Å². The van der Waals surface area contributed by atoms with Crippen LogP contribution in [-0.4, -0.2) is 70.0 Å². The van der Waals surface area contributed by atoms with E-state index in [2.05, 4.69) is 50.3 Å². The average molecular weight is 868 g/mol. The molecule has 2 atom stereocenters. The Hall–Kier alpha value is -1.77. The molecular formula is C50H94NO8P. The predicted molar refractivity (Wildman–Crippen MR) is 250 cm³/mol. The van der Waals surface area contributed by atoms with Crippen molar-refractivity contribution in [1.29, 1.82) is 0 Å². The Morgan fingerprint density at radius 2 is 0.900 bits per heavy atom. The molecule has 0 heterocycles. The van der Waals surface area contributed by atoms with Crippen molar-refractivity contribution in [3.8, 4) is 0 Å². The standard InChI is InChI=1S/C50H94NO8P/c1-6-8-10-12-14-16-18-20-22-24-25-27-29-31-33-35-37-39-41-43-50(53)59-48(47-58-60(54,55)57-45-44-51(3,4)5)46-56-49(52)42-40-38-36-34-32-30-28-26-23-21-19-17-15-13-11-9-7-2/h14,16,20-23,48H,6-13,15,17-19,24-47H2,1-5H3/b16-14-,22-20-,23-21-. The molecule has 9 nitrogen and oxygen atoms in total. The second-order valence-electron chi connectivity index (χ2n) is 17.8. The highest BCUT2D eigenvalue weighted by Gasteiger charge is 2.21. The molecule has 0 aromatic carbocycles. The highest BCUT2D eigenvalue weighted by atomic mass is 31.2. The number of ether oxygens (including phenoxy) is 2. The third-order valence-corrected chi connectivity index (χ3v) is 11.6. The molecule has 0 aromatic heterocycles. The molecule has 0 radical (unpaired) electrons. The van der Waals surface area contributed by atoms with Gasteiger partial charge < -0.3 is 27.9 Å². The molecule has 0 amide bonds. The van der Waals surface area contributed by atoms with Crippen LogP contribution in [0.4, 0.5) is 0 Å². The Morgan fingerprint density at radius 1 is 0.517 bits per heavy atom. The van der Waals surface area contributed by atoms with Crippen LogP contribution >= 0.6 is 7.82 Å². The lowest BCUT2D eigenvalue weighted by atomic mass is 10.1. The summed E-state index contributed by atoms with van der Waals surface area (Å²) in [5, 5.41) is 0. The van der Waals surface area contributed by atoms with Crippen molar-refractivity contribution in [3.05, 3.63) is 36.5 Å². The lowest BCUT2D eigenvalue weighted by Gasteiger charge is -2.28. The Kier molecular flexibility index (Phi) is 41.3. The van der Waals surface area contributed by atoms with Crippen LogP contribution in [0.3, 0.4) is 0 Å². The molecule has 0 bridgehead atoms. The maximum atomic E-state index is 12.7. The molecule has 0 N–H and O–H groups in total. The smallest absolute Gasteiger partial charge is 0.306 e. The molecular weight excluding hydrogens is 774 g/mol. The van der Waals surface area contributed by atoms with Crippen molar-refractivity contribution in [3.63, 3.8) is 0 Å². The average Bonchev–Trinajstić information content (AvgIpc) is 3.20. The lowest BCUT2D eigenvalue weighted by Crippen LogP contribution is -2.37. The van der Waals surface area contributed by atoms with Gasteiger partial charge in [0.15, 0.2) is 6.10 Å². The van der Waals surface area contributed by atoms with E-state index >= 15 is 0 Å². The summed E-state index contributed by atoms with van der Waals surface area (Å²) < 4.78 is 34.0. The Labute approximate surface area is 370 Å². The number of phosphoric acid groups is 1. The summed E-state index contributed by atoms with van der Waals surface area (Å²) >= 11 is 0. The van der Waals surface area contributed by atoms with Gasteiger partial charge in [0.1, 0.15) is 19.8 Å². The number of allylic oxidation sites excluding steroid dienone is 6. The van der Waals surface area contributed by atoms with E-state index in [1.54, 1.807) is 0 Å². The van der Waals surface area contributed by atoms with E-state index in [4.69, 9.17) is 18.5 Å². The van der Waals surface area contributed by atoms with Crippen molar-refractivity contribution in [2.24, 2.45) is 0 Å². The topological polar surface area (TPSA) is 111 Å². The van der Waals surface area contributed by atoms with Crippen molar-refractivity contribution in [2.75, 3.05) is 47.5 Å². The number of likely N-dealkylation sites (N-methyl/N-ethyl adjacent to an activating group) is 1. The second kappa shape index (κ2) is 42.5. The van der Waals surface area contributed by atoms with E-state index in [0.29, 0.717) is 17.4 Å². The van der Waals surface area contributed by atoms with Gasteiger partial charge in [-0.05, 0) is 70.6 Å². The molecule has 0 aliphatic heterocycles. The molecule has 0 aliphatic rings. The zero-order valence-electron chi connectivity index (χ0n) is 39.7. The minimum Gasteiger partial charge on any atom is -0.756 e. The number of carbonyl (C=O) groups excluding carboxylic acids is 2. The summed E-state index contributed by atoms with van der Waals surface area (Å²) in [6, 6.07) is 0. The van der Waals surface area contributed by atoms with Gasteiger partial charge in [-0.25, -0.2) is 0 Å². The molecule has 0 aromatic rings. The Balaban J connectivity index is 4.29. The number of unbranched alkanes of at least 4 members (excludes halogenated alkanes) is 25. The maximum Gasteiger partial charge on any atom is 0.306 e. The fourth-order valence-electron chi connectivity index (χ4n) is 6.74. The van der Waals surface area contributed by atoms with Crippen molar-refractivity contribution in [1.82, 2.24) is 0 Å². The van der Waals surface area contributed by atoms with Crippen LogP contribution in [0.15, 0.2) is 36.5 Å². The van der Waals surface area contributed by atoms with Crippen LogP contribution < -0.4 is 4.89 Å². The summed E-state index contributed by atoms with van der Waals surface area (Å²) in [7, 11) is 1.16. The molecule has 352 valence electrons. The molecule has 0 fully saturated rings. The van der Waals surface area contributed by atoms with Crippen molar-refractivity contribution in [2.45, 2.75) is 225 Å². The maximum absolute atomic E-state index is 12.7. The number of nitrogens with zero attached hydrogens (tertiary/aromatic N) is 1. The highest BCUT2D eigenvalue weighted by Crippen LogP contribution is 2.38. The van der Waals surface area contributed by atoms with E-state index in [-0.39, 0.29) is 32.0 Å². The third kappa shape index (κ3) is 45.7. The number of carbonyl (C=O) groups is 2. The van der Waals surface area contributed by atoms with Crippen LogP contribution in [0.2, 0.25) is 0 Å². The summed E-state index contributed by atoms with van der Waals surface area (Å²) in [5.41, 5.74) is 0. The van der Waals surface area contributed by atoms with Crippen molar-refractivity contribution < 1.29 is 42.1 Å². The zero-order chi connectivity index (χ0) is 44.3.